The van der Waals surface area contributed by atoms with E-state index in [1.807, 2.05) is 25.1 Å². The third-order valence-electron chi connectivity index (χ3n) is 2.54. The first-order valence-electron chi connectivity index (χ1n) is 5.69. The fourth-order valence-electron chi connectivity index (χ4n) is 1.62. The summed E-state index contributed by atoms with van der Waals surface area (Å²) in [5.74, 6) is 0.802. The Labute approximate surface area is 111 Å². The maximum absolute atomic E-state index is 11.8. The van der Waals surface area contributed by atoms with Gasteiger partial charge in [0.1, 0.15) is 12.4 Å². The second-order valence-corrected chi connectivity index (χ2v) is 4.48. The Hall–Kier alpha value is -0.870. The Morgan fingerprint density at radius 2 is 2.06 bits per heavy atom. The van der Waals surface area contributed by atoms with Crippen LogP contribution in [0, 0.1) is 6.92 Å². The zero-order chi connectivity index (χ0) is 13.5. The van der Waals surface area contributed by atoms with Crippen molar-refractivity contribution >= 4 is 11.6 Å². The van der Waals surface area contributed by atoms with Crippen LogP contribution < -0.4 is 4.74 Å². The van der Waals surface area contributed by atoms with Crippen molar-refractivity contribution < 1.29 is 18.3 Å². The quantitative estimate of drug-likeness (QED) is 0.555. The van der Waals surface area contributed by atoms with Crippen molar-refractivity contribution in [1.29, 1.82) is 0 Å². The second-order valence-electron chi connectivity index (χ2n) is 3.95. The standard InChI is InChI=1S/C13H17ClF2O2/c1-9-7-10(3-4-12(9)17-2)11(14)5-6-18-8-13(15)16/h3-4,7,11,13H,5-6,8H2,1-2H3. The van der Waals surface area contributed by atoms with E-state index >= 15 is 0 Å². The van der Waals surface area contributed by atoms with Gasteiger partial charge in [0.2, 0.25) is 0 Å². The number of benzene rings is 1. The smallest absolute Gasteiger partial charge is 0.261 e. The molecular weight excluding hydrogens is 262 g/mol. The third-order valence-corrected chi connectivity index (χ3v) is 3.01. The van der Waals surface area contributed by atoms with Crippen LogP contribution >= 0.6 is 11.6 Å². The molecule has 0 aromatic heterocycles. The van der Waals surface area contributed by atoms with Crippen LogP contribution in [0.4, 0.5) is 8.78 Å². The van der Waals surface area contributed by atoms with E-state index in [4.69, 9.17) is 21.1 Å². The Kier molecular flexibility index (Phi) is 6.36. The Balaban J connectivity index is 2.46. The Bertz CT molecular complexity index is 372. The number of rotatable bonds is 7. The molecule has 102 valence electrons. The summed E-state index contributed by atoms with van der Waals surface area (Å²) >= 11 is 6.18. The largest absolute Gasteiger partial charge is 0.496 e. The van der Waals surface area contributed by atoms with Gasteiger partial charge < -0.3 is 9.47 Å². The lowest BCUT2D eigenvalue weighted by Crippen LogP contribution is -2.07. The van der Waals surface area contributed by atoms with Crippen LogP contribution in [0.2, 0.25) is 0 Å². The molecule has 1 unspecified atom stereocenters. The highest BCUT2D eigenvalue weighted by Crippen LogP contribution is 2.28. The molecule has 0 spiro atoms. The third kappa shape index (κ3) is 4.78. The minimum absolute atomic E-state index is 0.226. The van der Waals surface area contributed by atoms with Crippen molar-refractivity contribution in [2.45, 2.75) is 25.1 Å². The fraction of sp³-hybridized carbons (Fsp3) is 0.538. The van der Waals surface area contributed by atoms with Crippen LogP contribution in [0.25, 0.3) is 0 Å². The normalized spacial score (nSPS) is 12.8. The summed E-state index contributed by atoms with van der Waals surface area (Å²) in [5.41, 5.74) is 1.93. The Morgan fingerprint density at radius 1 is 1.33 bits per heavy atom. The van der Waals surface area contributed by atoms with Crippen molar-refractivity contribution in [2.24, 2.45) is 0 Å². The van der Waals surface area contributed by atoms with Crippen LogP contribution in [0.5, 0.6) is 5.75 Å². The van der Waals surface area contributed by atoms with Crippen molar-refractivity contribution in [1.82, 2.24) is 0 Å². The van der Waals surface area contributed by atoms with Gasteiger partial charge in [0.15, 0.2) is 0 Å². The van der Waals surface area contributed by atoms with Gasteiger partial charge in [0, 0.05) is 6.61 Å². The van der Waals surface area contributed by atoms with Gasteiger partial charge in [-0.15, -0.1) is 11.6 Å². The maximum Gasteiger partial charge on any atom is 0.261 e. The van der Waals surface area contributed by atoms with Crippen molar-refractivity contribution in [3.8, 4) is 5.75 Å². The molecular formula is C13H17ClF2O2. The summed E-state index contributed by atoms with van der Waals surface area (Å²) in [4.78, 5) is 0. The molecule has 0 saturated carbocycles. The van der Waals surface area contributed by atoms with E-state index in [0.29, 0.717) is 6.42 Å². The first-order chi connectivity index (χ1) is 8.54. The lowest BCUT2D eigenvalue weighted by molar-refractivity contribution is 0.0165. The summed E-state index contributed by atoms with van der Waals surface area (Å²) in [5, 5.41) is -0.243. The van der Waals surface area contributed by atoms with Crippen LogP contribution in [-0.2, 0) is 4.74 Å². The zero-order valence-corrected chi connectivity index (χ0v) is 11.2. The average molecular weight is 279 g/mol. The van der Waals surface area contributed by atoms with E-state index in [1.165, 1.54) is 0 Å². The topological polar surface area (TPSA) is 18.5 Å². The molecule has 18 heavy (non-hydrogen) atoms. The van der Waals surface area contributed by atoms with E-state index < -0.39 is 13.0 Å². The fourth-order valence-corrected chi connectivity index (χ4v) is 1.85. The van der Waals surface area contributed by atoms with Gasteiger partial charge in [0.25, 0.3) is 6.43 Å². The Morgan fingerprint density at radius 3 is 2.61 bits per heavy atom. The van der Waals surface area contributed by atoms with Crippen molar-refractivity contribution in [3.63, 3.8) is 0 Å². The molecule has 1 rings (SSSR count). The summed E-state index contributed by atoms with van der Waals surface area (Å²) in [6, 6.07) is 5.65. The van der Waals surface area contributed by atoms with Gasteiger partial charge in [-0.3, -0.25) is 0 Å². The van der Waals surface area contributed by atoms with E-state index in [0.717, 1.165) is 16.9 Å². The zero-order valence-electron chi connectivity index (χ0n) is 10.5. The van der Waals surface area contributed by atoms with Gasteiger partial charge in [-0.05, 0) is 30.5 Å². The number of methoxy groups -OCH3 is 1. The molecule has 0 fully saturated rings. The number of halogens is 3. The summed E-state index contributed by atoms with van der Waals surface area (Å²) in [6.45, 7) is 1.62. The van der Waals surface area contributed by atoms with Crippen LogP contribution in [-0.4, -0.2) is 26.7 Å². The molecule has 0 aliphatic carbocycles. The van der Waals surface area contributed by atoms with Gasteiger partial charge in [-0.1, -0.05) is 12.1 Å². The molecule has 0 heterocycles. The highest BCUT2D eigenvalue weighted by molar-refractivity contribution is 6.20. The van der Waals surface area contributed by atoms with Crippen molar-refractivity contribution in [3.05, 3.63) is 29.3 Å². The van der Waals surface area contributed by atoms with E-state index in [2.05, 4.69) is 0 Å². The van der Waals surface area contributed by atoms with Crippen molar-refractivity contribution in [2.75, 3.05) is 20.3 Å². The number of hydrogen-bond acceptors (Lipinski definition) is 2. The number of hydrogen-bond donors (Lipinski definition) is 0. The van der Waals surface area contributed by atoms with Crippen LogP contribution in [0.1, 0.15) is 22.9 Å². The highest BCUT2D eigenvalue weighted by atomic mass is 35.5. The molecule has 1 atom stereocenters. The molecule has 0 radical (unpaired) electrons. The summed E-state index contributed by atoms with van der Waals surface area (Å²) in [7, 11) is 1.61. The predicted octanol–water partition coefficient (Wildman–Crippen LogP) is 3.96. The minimum Gasteiger partial charge on any atom is -0.496 e. The predicted molar refractivity (Wildman–Crippen MR) is 67.8 cm³/mol. The van der Waals surface area contributed by atoms with E-state index in [-0.39, 0.29) is 12.0 Å². The molecule has 5 heteroatoms. The summed E-state index contributed by atoms with van der Waals surface area (Å²) in [6.07, 6.45) is -1.93. The number of ether oxygens (including phenoxy) is 2. The SMILES string of the molecule is COc1ccc(C(Cl)CCOCC(F)F)cc1C. The first kappa shape index (κ1) is 15.2. The molecule has 0 aliphatic rings. The van der Waals surface area contributed by atoms with Gasteiger partial charge in [0.05, 0.1) is 12.5 Å². The summed E-state index contributed by atoms with van der Waals surface area (Å²) < 4.78 is 33.6. The molecule has 1 aromatic carbocycles. The lowest BCUT2D eigenvalue weighted by atomic mass is 10.1. The second kappa shape index (κ2) is 7.54. The van der Waals surface area contributed by atoms with Crippen LogP contribution in [0.3, 0.4) is 0 Å². The molecule has 0 saturated heterocycles. The molecule has 0 bridgehead atoms. The van der Waals surface area contributed by atoms with E-state index in [1.54, 1.807) is 7.11 Å². The minimum atomic E-state index is -2.43. The van der Waals surface area contributed by atoms with Gasteiger partial charge in [-0.2, -0.15) is 0 Å². The van der Waals surface area contributed by atoms with Gasteiger partial charge in [-0.25, -0.2) is 8.78 Å². The number of aryl methyl sites for hydroxylation is 1. The van der Waals surface area contributed by atoms with Crippen LogP contribution in [0.15, 0.2) is 18.2 Å². The number of alkyl halides is 3. The highest BCUT2D eigenvalue weighted by Gasteiger charge is 2.10. The monoisotopic (exact) mass is 278 g/mol. The molecule has 1 aromatic rings. The molecule has 0 aliphatic heterocycles. The van der Waals surface area contributed by atoms with E-state index in [9.17, 15) is 8.78 Å². The average Bonchev–Trinajstić information content (AvgIpc) is 2.34. The molecule has 2 nitrogen and oxygen atoms in total. The maximum atomic E-state index is 11.8. The van der Waals surface area contributed by atoms with Gasteiger partial charge >= 0.3 is 0 Å². The molecule has 0 amide bonds. The first-order valence-corrected chi connectivity index (χ1v) is 6.12. The molecule has 0 N–H and O–H groups in total. The lowest BCUT2D eigenvalue weighted by Gasteiger charge is -2.12.